The summed E-state index contributed by atoms with van der Waals surface area (Å²) in [5, 5.41) is 0. The fourth-order valence-corrected chi connectivity index (χ4v) is 9.87. The fourth-order valence-electron chi connectivity index (χ4n) is 6.55. The lowest BCUT2D eigenvalue weighted by Crippen LogP contribution is -2.74. The molecule has 0 atom stereocenters. The van der Waals surface area contributed by atoms with E-state index in [4.69, 9.17) is 0 Å². The number of hydrogen-bond donors (Lipinski definition) is 0. The van der Waals surface area contributed by atoms with Gasteiger partial charge in [0.05, 0.1) is 0 Å². The van der Waals surface area contributed by atoms with Crippen molar-refractivity contribution >= 4 is 41.8 Å². The summed E-state index contributed by atoms with van der Waals surface area (Å²) in [5.74, 6) is 2.35. The van der Waals surface area contributed by atoms with Gasteiger partial charge in [-0.15, -0.1) is 0 Å². The number of aryl methyl sites for hydroxylation is 1. The van der Waals surface area contributed by atoms with Crippen molar-refractivity contribution in [2.24, 2.45) is 0 Å². The third-order valence-electron chi connectivity index (χ3n) is 8.47. The Kier molecular flexibility index (Phi) is 11.5. The van der Waals surface area contributed by atoms with Crippen molar-refractivity contribution in [3.05, 3.63) is 163 Å². The Bertz CT molecular complexity index is 1400. The third kappa shape index (κ3) is 7.12. The van der Waals surface area contributed by atoms with Crippen LogP contribution in [0.15, 0.2) is 151 Å². The molecule has 0 aromatic heterocycles. The Morgan fingerprint density at radius 2 is 0.795 bits per heavy atom. The normalized spacial score (nSPS) is 12.0. The minimum Gasteiger partial charge on any atom is -0.195 e. The van der Waals surface area contributed by atoms with Gasteiger partial charge in [-0.1, -0.05) is 151 Å². The first-order valence-electron chi connectivity index (χ1n) is 15.3. The van der Waals surface area contributed by atoms with Crippen LogP contribution in [-0.4, -0.2) is 62.4 Å². The quantitative estimate of drug-likeness (QED) is 0.142. The Labute approximate surface area is 266 Å². The Balaban J connectivity index is 0.000000210. The molecule has 5 aromatic carbocycles. The zero-order valence-corrected chi connectivity index (χ0v) is 28.3. The van der Waals surface area contributed by atoms with E-state index in [1.54, 1.807) is 0 Å². The van der Waals surface area contributed by atoms with Crippen LogP contribution >= 0.6 is 7.71 Å². The molecule has 0 aliphatic rings. The van der Waals surface area contributed by atoms with E-state index in [2.05, 4.69) is 221 Å². The molecule has 0 amide bonds. The topological polar surface area (TPSA) is 9.72 Å². The summed E-state index contributed by atoms with van der Waals surface area (Å²) < 4.78 is 6.96. The number of benzene rings is 5. The van der Waals surface area contributed by atoms with Gasteiger partial charge in [-0.25, -0.2) is 0 Å². The maximum Gasteiger partial charge on any atom is 0.253 e. The minimum absolute atomic E-state index is 1.22. The second-order valence-corrected chi connectivity index (χ2v) is 15.8. The van der Waals surface area contributed by atoms with Gasteiger partial charge in [0.2, 0.25) is 0 Å². The zero-order chi connectivity index (χ0) is 31.6. The lowest BCUT2D eigenvalue weighted by Gasteiger charge is -2.44. The molecule has 5 aromatic rings. The van der Waals surface area contributed by atoms with Crippen molar-refractivity contribution in [2.75, 3.05) is 42.3 Å². The number of hydrogen-bond acceptors (Lipinski definition) is 3. The van der Waals surface area contributed by atoms with Crippen LogP contribution in [0.2, 0.25) is 0 Å². The lowest BCUT2D eigenvalue weighted by atomic mass is 9.13. The molecule has 0 aliphatic heterocycles. The van der Waals surface area contributed by atoms with E-state index in [-0.39, 0.29) is 0 Å². The molecule has 0 bridgehead atoms. The maximum absolute atomic E-state index is 2.35. The predicted octanol–water partition coefficient (Wildman–Crippen LogP) is 6.48. The smallest absolute Gasteiger partial charge is 0.195 e. The molecule has 0 heterocycles. The second kappa shape index (κ2) is 15.3. The molecular formula is C39H47BN3P. The lowest BCUT2D eigenvalue weighted by molar-refractivity contribution is 0.472. The molecule has 0 fully saturated rings. The summed E-state index contributed by atoms with van der Waals surface area (Å²) in [7, 11) is 11.3. The molecule has 0 saturated heterocycles. The summed E-state index contributed by atoms with van der Waals surface area (Å²) in [6, 6.07) is 52.1. The van der Waals surface area contributed by atoms with Crippen LogP contribution in [0.1, 0.15) is 11.1 Å². The van der Waals surface area contributed by atoms with Gasteiger partial charge in [-0.2, -0.15) is 35.9 Å². The van der Waals surface area contributed by atoms with Crippen molar-refractivity contribution in [2.45, 2.75) is 6.92 Å². The average Bonchev–Trinajstić information content (AvgIpc) is 3.04. The van der Waals surface area contributed by atoms with Crippen LogP contribution in [0, 0.1) is 6.92 Å². The van der Waals surface area contributed by atoms with Crippen LogP contribution in [0.5, 0.6) is 0 Å². The molecule has 44 heavy (non-hydrogen) atoms. The van der Waals surface area contributed by atoms with Crippen LogP contribution in [-0.2, 0) is 0 Å². The molecule has 226 valence electrons. The van der Waals surface area contributed by atoms with E-state index < -0.39 is 13.9 Å². The maximum atomic E-state index is 2.35. The van der Waals surface area contributed by atoms with Crippen molar-refractivity contribution in [3.8, 4) is 0 Å². The first-order chi connectivity index (χ1) is 21.2. The molecule has 0 spiro atoms. The summed E-state index contributed by atoms with van der Waals surface area (Å²) in [6.07, 6.45) is 1.02. The monoisotopic (exact) mass is 599 g/mol. The van der Waals surface area contributed by atoms with E-state index in [9.17, 15) is 0 Å². The zero-order valence-electron chi connectivity index (χ0n) is 27.4. The summed E-state index contributed by atoms with van der Waals surface area (Å²) in [6.45, 7) is 2.13. The molecule has 0 unspecified atom stereocenters. The van der Waals surface area contributed by atoms with Crippen molar-refractivity contribution in [1.82, 2.24) is 14.0 Å². The van der Waals surface area contributed by atoms with E-state index in [1.165, 1.54) is 33.0 Å². The molecule has 0 N–H and O–H groups in total. The van der Waals surface area contributed by atoms with Crippen LogP contribution in [0.3, 0.4) is 0 Å². The highest BCUT2D eigenvalue weighted by molar-refractivity contribution is 7.72. The minimum atomic E-state index is -1.57. The van der Waals surface area contributed by atoms with Crippen LogP contribution in [0.25, 0.3) is 6.08 Å². The first-order valence-corrected chi connectivity index (χ1v) is 17.0. The van der Waals surface area contributed by atoms with Gasteiger partial charge in [0.1, 0.15) is 12.0 Å². The molecule has 0 saturated carbocycles. The van der Waals surface area contributed by atoms with Gasteiger partial charge in [0.25, 0.3) is 7.71 Å². The van der Waals surface area contributed by atoms with Crippen molar-refractivity contribution < 1.29 is 0 Å². The highest BCUT2D eigenvalue weighted by Crippen LogP contribution is 2.65. The molecule has 5 rings (SSSR count). The van der Waals surface area contributed by atoms with E-state index in [0.29, 0.717) is 0 Å². The van der Waals surface area contributed by atoms with Gasteiger partial charge in [0, 0.05) is 42.3 Å². The first kappa shape index (κ1) is 33.1. The second-order valence-electron chi connectivity index (χ2n) is 11.9. The highest BCUT2D eigenvalue weighted by atomic mass is 31.2. The Morgan fingerprint density at radius 1 is 0.455 bits per heavy atom. The molecule has 5 heteroatoms. The average molecular weight is 600 g/mol. The van der Waals surface area contributed by atoms with Gasteiger partial charge < -0.3 is 0 Å². The summed E-state index contributed by atoms with van der Waals surface area (Å²) in [5.41, 5.74) is 7.91. The Morgan fingerprint density at radius 3 is 1.09 bits per heavy atom. The van der Waals surface area contributed by atoms with Crippen molar-refractivity contribution in [3.63, 3.8) is 0 Å². The van der Waals surface area contributed by atoms with Crippen LogP contribution < -0.4 is 21.9 Å². The molecule has 3 nitrogen and oxygen atoms in total. The van der Waals surface area contributed by atoms with Crippen molar-refractivity contribution in [1.29, 1.82) is 0 Å². The summed E-state index contributed by atoms with van der Waals surface area (Å²) >= 11 is 0. The van der Waals surface area contributed by atoms with Gasteiger partial charge in [0.15, 0.2) is 0 Å². The molecular weight excluding hydrogens is 552 g/mol. The number of nitrogens with zero attached hydrogens (tertiary/aromatic N) is 3. The van der Waals surface area contributed by atoms with Gasteiger partial charge in [-0.3, -0.25) is 0 Å². The predicted molar refractivity (Wildman–Crippen MR) is 198 cm³/mol. The third-order valence-corrected chi connectivity index (χ3v) is 12.6. The number of rotatable bonds is 9. The largest absolute Gasteiger partial charge is 0.253 e. The standard InChI is InChI=1S/C24H20B.C15H27N3P/c1-5-13-21(14-6-1)25(22-15-7-2-8-16-22,23-17-9-3-10-18-23)24-19-11-4-12-20-24;1-14-9-8-10-15(13-14)11-12-19(16(2)3,17(4)5)18(6)7/h1-20H;8-13H,1-7H3/q-1;+1/b;12-11+. The Hall–Kier alpha value is -3.79. The SMILES string of the molecule is Cc1cccc(/C=C/[P+](N(C)C)(N(C)C)N(C)C)c1.c1ccc([B-](c2ccccc2)(c2ccccc2)c2ccccc2)cc1. The van der Waals surface area contributed by atoms with E-state index in [1.807, 2.05) is 0 Å². The van der Waals surface area contributed by atoms with Gasteiger partial charge in [-0.05, 0) is 18.6 Å². The summed E-state index contributed by atoms with van der Waals surface area (Å²) in [4.78, 5) is 0. The van der Waals surface area contributed by atoms with Crippen LogP contribution in [0.4, 0.5) is 0 Å². The molecule has 0 radical (unpaired) electrons. The molecule has 0 aliphatic carbocycles. The fraction of sp³-hybridized carbons (Fsp3) is 0.179. The van der Waals surface area contributed by atoms with E-state index in [0.717, 1.165) is 0 Å². The van der Waals surface area contributed by atoms with E-state index >= 15 is 0 Å². The van der Waals surface area contributed by atoms with Gasteiger partial charge >= 0.3 is 0 Å². The highest BCUT2D eigenvalue weighted by Gasteiger charge is 2.45.